The van der Waals surface area contributed by atoms with Crippen LogP contribution in [-0.2, 0) is 34.7 Å². The maximum Gasteiger partial charge on any atom is 2.00 e. The third-order valence-corrected chi connectivity index (χ3v) is 0. The van der Waals surface area contributed by atoms with E-state index in [0.717, 1.165) is 6.92 Å². The van der Waals surface area contributed by atoms with Gasteiger partial charge in [0, 0.05) is 26.4 Å². The summed E-state index contributed by atoms with van der Waals surface area (Å²) >= 11 is 0. The van der Waals surface area contributed by atoms with Gasteiger partial charge in [0.05, 0.1) is 0 Å². The quantitative estimate of drug-likeness (QED) is 0.394. The molecule has 9 heteroatoms. The molecule has 0 unspecified atom stereocenters. The van der Waals surface area contributed by atoms with Crippen LogP contribution in [0, 0.1) is 0 Å². The van der Waals surface area contributed by atoms with E-state index in [1.165, 1.54) is 0 Å². The van der Waals surface area contributed by atoms with E-state index < -0.39 is 16.4 Å². The molecular weight excluding hydrogens is 258 g/mol. The zero-order chi connectivity index (χ0) is 8.08. The van der Waals surface area contributed by atoms with Gasteiger partial charge in [0.25, 0.3) is 5.97 Å². The Balaban J connectivity index is -0.0000000146. The molecule has 6 nitrogen and oxygen atoms in total. The van der Waals surface area contributed by atoms with Crippen LogP contribution in [0.5, 0.6) is 0 Å². The van der Waals surface area contributed by atoms with E-state index in [1.807, 2.05) is 0 Å². The van der Waals surface area contributed by atoms with Crippen LogP contribution >= 0.6 is 0 Å². The van der Waals surface area contributed by atoms with E-state index in [0.29, 0.717) is 0 Å². The summed E-state index contributed by atoms with van der Waals surface area (Å²) in [5.41, 5.74) is 0. The summed E-state index contributed by atoms with van der Waals surface area (Å²) in [5, 5.41) is 7.42. The molecule has 0 atom stereocenters. The third kappa shape index (κ3) is 638. The van der Waals surface area contributed by atoms with E-state index in [9.17, 15) is 0 Å². The first kappa shape index (κ1) is 22.8. The Hall–Kier alpha value is 1.22. The monoisotopic (exact) mass is 264 g/mol. The summed E-state index contributed by atoms with van der Waals surface area (Å²) < 4.78 is 31.6. The Bertz CT molecular complexity index is 171. The van der Waals surface area contributed by atoms with Crippen molar-refractivity contribution in [3.8, 4) is 0 Å². The molecule has 0 saturated carbocycles. The molecule has 11 heavy (non-hydrogen) atoms. The normalized spacial score (nSPS) is 7.55. The Kier molecular flexibility index (Phi) is 23.2. The van der Waals surface area contributed by atoms with Gasteiger partial charge < -0.3 is 7.96 Å². The molecule has 62 valence electrons. The molecule has 0 heterocycles. The van der Waals surface area contributed by atoms with Crippen molar-refractivity contribution in [2.24, 2.45) is 0 Å². The van der Waals surface area contributed by atoms with E-state index in [4.69, 9.17) is 27.4 Å². The minimum absolute atomic E-state index is 0. The second kappa shape index (κ2) is 11.2. The van der Waals surface area contributed by atoms with Crippen molar-refractivity contribution in [3.05, 3.63) is 0 Å². The van der Waals surface area contributed by atoms with Gasteiger partial charge in [0.2, 0.25) is 0 Å². The van der Waals surface area contributed by atoms with Crippen LogP contribution in [0.15, 0.2) is 0 Å². The number of rotatable bonds is 0. The number of carboxylic acids is 1. The van der Waals surface area contributed by atoms with E-state index in [1.54, 1.807) is 0 Å². The van der Waals surface area contributed by atoms with Crippen molar-refractivity contribution in [2.45, 2.75) is 6.92 Å². The van der Waals surface area contributed by atoms with Crippen LogP contribution in [0.25, 0.3) is 0 Å². The Morgan fingerprint density at radius 2 is 1.36 bits per heavy atom. The van der Waals surface area contributed by atoms with Crippen molar-refractivity contribution in [2.75, 3.05) is 0 Å². The molecule has 0 radical (unpaired) electrons. The summed E-state index contributed by atoms with van der Waals surface area (Å²) in [7, 11) is -4.67. The van der Waals surface area contributed by atoms with Gasteiger partial charge in [-0.1, -0.05) is 0 Å². The van der Waals surface area contributed by atoms with Crippen molar-refractivity contribution in [1.29, 1.82) is 0 Å². The molecule has 0 rings (SSSR count). The second-order valence-electron chi connectivity index (χ2n) is 0.967. The molecule has 0 aliphatic heterocycles. The zero-order valence-electron chi connectivity index (χ0n) is 7.89. The average molecular weight is 266 g/mol. The van der Waals surface area contributed by atoms with Gasteiger partial charge in [-0.25, -0.2) is 0 Å². The number of carbonyl (C=O) groups is 1. The van der Waals surface area contributed by atoms with Crippen molar-refractivity contribution < 1.29 is 49.8 Å². The maximum absolute atomic E-state index is 9.00. The number of hydrogen-bond acceptors (Lipinski definition) is 3. The van der Waals surface area contributed by atoms with Gasteiger partial charge in [-0.15, -0.1) is 0 Å². The molecule has 0 aromatic rings. The summed E-state index contributed by atoms with van der Waals surface area (Å²) in [5.74, 6) is -0.833. The van der Waals surface area contributed by atoms with Crippen LogP contribution < -0.4 is 0 Å². The predicted octanol–water partition coefficient (Wildman–Crippen LogP) is -0.720. The third-order valence-electron chi connectivity index (χ3n) is 0. The fraction of sp³-hybridized carbons (Fsp3) is 0.500. The minimum Gasteiger partial charge on any atom is -1.00 e. The standard InChI is InChI=1S/C2H4O2.Ca.H2O4S.Zn.2H/c1-2(3)4;;1-5(2,3)4;;;/h1H3,(H,3,4);;(H2,1,2,3,4);;;/q;+2;;;2*-1. The van der Waals surface area contributed by atoms with Gasteiger partial charge in [0.1, 0.15) is 0 Å². The Morgan fingerprint density at radius 1 is 1.36 bits per heavy atom. The fourth-order valence-corrected chi connectivity index (χ4v) is 0. The van der Waals surface area contributed by atoms with E-state index in [2.05, 4.69) is 0 Å². The Labute approximate surface area is 110 Å². The van der Waals surface area contributed by atoms with E-state index in [-0.39, 0.29) is 60.1 Å². The minimum atomic E-state index is -4.67. The predicted molar refractivity (Wildman–Crippen MR) is 35.5 cm³/mol. The van der Waals surface area contributed by atoms with Crippen molar-refractivity contribution >= 4 is 54.1 Å². The Morgan fingerprint density at radius 3 is 1.36 bits per heavy atom. The summed E-state index contributed by atoms with van der Waals surface area (Å²) in [6, 6.07) is 0. The molecular formula is C2H8CaO6SZn. The van der Waals surface area contributed by atoms with Crippen LogP contribution in [-0.4, -0.2) is 66.3 Å². The van der Waals surface area contributed by atoms with Crippen LogP contribution in [0.1, 0.15) is 9.78 Å². The first-order chi connectivity index (χ1) is 3.73. The summed E-state index contributed by atoms with van der Waals surface area (Å²) in [4.78, 5) is 9.00. The van der Waals surface area contributed by atoms with Gasteiger partial charge >= 0.3 is 48.1 Å². The van der Waals surface area contributed by atoms with Gasteiger partial charge in [-0.3, -0.25) is 13.9 Å². The van der Waals surface area contributed by atoms with Crippen LogP contribution in [0.3, 0.4) is 0 Å². The largest absolute Gasteiger partial charge is 2.00 e. The first-order valence-electron chi connectivity index (χ1n) is 1.63. The van der Waals surface area contributed by atoms with Crippen molar-refractivity contribution in [1.82, 2.24) is 0 Å². The average Bonchev–Trinajstić information content (AvgIpc) is 1.19. The molecule has 0 amide bonds. The molecule has 0 fully saturated rings. The topological polar surface area (TPSA) is 112 Å². The smallest absolute Gasteiger partial charge is 1.00 e. The zero-order valence-corrected chi connectivity index (χ0v) is 11.9. The number of carboxylic acid groups (broad SMARTS) is 1. The second-order valence-corrected chi connectivity index (χ2v) is 1.86. The molecule has 0 bridgehead atoms. The molecule has 0 aliphatic carbocycles. The summed E-state index contributed by atoms with van der Waals surface area (Å²) in [6.45, 7) is 1.08. The molecule has 0 aliphatic rings. The summed E-state index contributed by atoms with van der Waals surface area (Å²) in [6.07, 6.45) is 0. The molecule has 3 N–H and O–H groups in total. The molecule has 0 aromatic carbocycles. The van der Waals surface area contributed by atoms with Crippen LogP contribution in [0.2, 0.25) is 0 Å². The van der Waals surface area contributed by atoms with E-state index >= 15 is 0 Å². The van der Waals surface area contributed by atoms with Gasteiger partial charge in [-0.05, 0) is 0 Å². The fourth-order valence-electron chi connectivity index (χ4n) is 0. The van der Waals surface area contributed by atoms with Crippen LogP contribution in [0.4, 0.5) is 0 Å². The molecule has 0 saturated heterocycles. The van der Waals surface area contributed by atoms with Gasteiger partial charge in [0.15, 0.2) is 0 Å². The first-order valence-corrected chi connectivity index (χ1v) is 3.02. The SMILES string of the molecule is CC(=O)O.O=S(=O)(O)O.[Ca+2].[H-].[H-].[Zn]. The van der Waals surface area contributed by atoms with Crippen molar-refractivity contribution in [3.63, 3.8) is 0 Å². The number of hydrogen-bond donors (Lipinski definition) is 3. The van der Waals surface area contributed by atoms with Gasteiger partial charge in [-0.2, -0.15) is 8.42 Å². The maximum atomic E-state index is 9.00. The molecule has 0 aromatic heterocycles. The molecule has 0 spiro atoms. The number of aliphatic carboxylic acids is 1.